The number of H-pyrrole nitrogens is 1. The number of nitrogens with zero attached hydrogens (tertiary/aromatic N) is 5. The summed E-state index contributed by atoms with van der Waals surface area (Å²) in [6.45, 7) is 7.46. The summed E-state index contributed by atoms with van der Waals surface area (Å²) in [7, 11) is 0. The van der Waals surface area contributed by atoms with Crippen molar-refractivity contribution in [3.05, 3.63) is 66.5 Å². The minimum atomic E-state index is 0.634. The van der Waals surface area contributed by atoms with Crippen LogP contribution in [0.5, 0.6) is 0 Å². The van der Waals surface area contributed by atoms with E-state index in [1.54, 1.807) is 0 Å². The van der Waals surface area contributed by atoms with Crippen LogP contribution < -0.4 is 4.90 Å². The second kappa shape index (κ2) is 8.66. The minimum Gasteiger partial charge on any atom is -0.378 e. The number of ether oxygens (including phenoxy) is 1. The van der Waals surface area contributed by atoms with Gasteiger partial charge < -0.3 is 19.5 Å². The maximum atomic E-state index is 5.65. The molecule has 4 aromatic rings. The van der Waals surface area contributed by atoms with E-state index in [9.17, 15) is 0 Å². The summed E-state index contributed by atoms with van der Waals surface area (Å²) < 4.78 is 5.65. The van der Waals surface area contributed by atoms with Crippen LogP contribution in [0, 0.1) is 0 Å². The fourth-order valence-electron chi connectivity index (χ4n) is 5.77. The monoisotopic (exact) mass is 466 g/mol. The average molecular weight is 467 g/mol. The molecule has 5 heterocycles. The van der Waals surface area contributed by atoms with Crippen LogP contribution in [0.15, 0.2) is 60.9 Å². The number of aromatic nitrogens is 3. The van der Waals surface area contributed by atoms with Crippen LogP contribution >= 0.6 is 0 Å². The lowest BCUT2D eigenvalue weighted by Crippen LogP contribution is -2.48. The first-order valence-electron chi connectivity index (χ1n) is 12.7. The molecule has 2 fully saturated rings. The van der Waals surface area contributed by atoms with E-state index in [2.05, 4.69) is 74.4 Å². The molecule has 35 heavy (non-hydrogen) atoms. The van der Waals surface area contributed by atoms with Gasteiger partial charge in [-0.25, -0.2) is 9.97 Å². The van der Waals surface area contributed by atoms with Gasteiger partial charge in [-0.1, -0.05) is 24.3 Å². The van der Waals surface area contributed by atoms with E-state index in [0.29, 0.717) is 6.04 Å². The number of morpholine rings is 1. The standard InChI is InChI=1S/C28H30N6O/c1-4-23(22-8-9-29-25(22)5-1)27-30-26-7-6-20(18-32-11-12-33-10-2-3-21(33)19-32)17-24(26)28(31-27)34-13-15-35-16-14-34/h1-2,4-10,17,21,29H,3,11-16,18-19H2/t21-/m0/s1. The van der Waals surface area contributed by atoms with Crippen LogP contribution in [0.3, 0.4) is 0 Å². The summed E-state index contributed by atoms with van der Waals surface area (Å²) in [5.41, 5.74) is 4.49. The van der Waals surface area contributed by atoms with Gasteiger partial charge in [-0.3, -0.25) is 4.90 Å². The van der Waals surface area contributed by atoms with E-state index in [-0.39, 0.29) is 0 Å². The van der Waals surface area contributed by atoms with E-state index < -0.39 is 0 Å². The molecule has 2 saturated heterocycles. The van der Waals surface area contributed by atoms with Gasteiger partial charge in [0.1, 0.15) is 5.82 Å². The lowest BCUT2D eigenvalue weighted by atomic mass is 10.1. The van der Waals surface area contributed by atoms with E-state index in [0.717, 1.165) is 91.5 Å². The molecule has 0 amide bonds. The molecule has 1 N–H and O–H groups in total. The molecule has 0 unspecified atom stereocenters. The molecule has 2 aromatic heterocycles. The topological polar surface area (TPSA) is 60.5 Å². The van der Waals surface area contributed by atoms with Gasteiger partial charge in [0.25, 0.3) is 0 Å². The first-order valence-corrected chi connectivity index (χ1v) is 12.7. The Bertz CT molecular complexity index is 1410. The molecular formula is C28H30N6O. The zero-order valence-electron chi connectivity index (χ0n) is 19.9. The number of benzene rings is 2. The van der Waals surface area contributed by atoms with E-state index in [1.165, 1.54) is 12.0 Å². The van der Waals surface area contributed by atoms with E-state index in [1.807, 2.05) is 6.20 Å². The van der Waals surface area contributed by atoms with Crippen molar-refractivity contribution in [2.24, 2.45) is 0 Å². The minimum absolute atomic E-state index is 0.634. The van der Waals surface area contributed by atoms with Crippen molar-refractivity contribution in [3.63, 3.8) is 0 Å². The molecular weight excluding hydrogens is 436 g/mol. The van der Waals surface area contributed by atoms with Gasteiger partial charge in [-0.2, -0.15) is 0 Å². The Balaban J connectivity index is 1.27. The summed E-state index contributed by atoms with van der Waals surface area (Å²) in [6.07, 6.45) is 7.73. The number of hydrogen-bond acceptors (Lipinski definition) is 6. The van der Waals surface area contributed by atoms with Crippen molar-refractivity contribution in [3.8, 4) is 11.4 Å². The highest BCUT2D eigenvalue weighted by molar-refractivity contribution is 5.97. The summed E-state index contributed by atoms with van der Waals surface area (Å²) in [6, 6.07) is 15.8. The van der Waals surface area contributed by atoms with Crippen LogP contribution in [-0.4, -0.2) is 76.7 Å². The fourth-order valence-corrected chi connectivity index (χ4v) is 5.77. The third-order valence-corrected chi connectivity index (χ3v) is 7.61. The van der Waals surface area contributed by atoms with Crippen molar-refractivity contribution in [1.82, 2.24) is 24.8 Å². The predicted molar refractivity (Wildman–Crippen MR) is 139 cm³/mol. The number of fused-ring (bicyclic) bond motifs is 3. The molecule has 0 saturated carbocycles. The Morgan fingerprint density at radius 3 is 2.86 bits per heavy atom. The number of piperazine rings is 1. The van der Waals surface area contributed by atoms with E-state index >= 15 is 0 Å². The van der Waals surface area contributed by atoms with Crippen LogP contribution in [0.25, 0.3) is 33.2 Å². The molecule has 3 aliphatic heterocycles. The second-order valence-corrected chi connectivity index (χ2v) is 9.81. The van der Waals surface area contributed by atoms with Gasteiger partial charge in [0, 0.05) is 73.4 Å². The smallest absolute Gasteiger partial charge is 0.162 e. The Kier molecular flexibility index (Phi) is 5.17. The largest absolute Gasteiger partial charge is 0.378 e. The van der Waals surface area contributed by atoms with Crippen molar-refractivity contribution in [1.29, 1.82) is 0 Å². The van der Waals surface area contributed by atoms with Gasteiger partial charge in [0.05, 0.1) is 18.7 Å². The SMILES string of the molecule is C1=CN2CCN(Cc3ccc4nc(-c5cccc6[nH]ccc56)nc(N5CCOCC5)c4c3)C[C@@H]2C1. The third kappa shape index (κ3) is 3.85. The van der Waals surface area contributed by atoms with Crippen molar-refractivity contribution in [2.75, 3.05) is 50.8 Å². The first-order chi connectivity index (χ1) is 17.3. The molecule has 178 valence electrons. The lowest BCUT2D eigenvalue weighted by molar-refractivity contribution is 0.117. The predicted octanol–water partition coefficient (Wildman–Crippen LogP) is 4.02. The van der Waals surface area contributed by atoms with Crippen LogP contribution in [-0.2, 0) is 11.3 Å². The highest BCUT2D eigenvalue weighted by Crippen LogP contribution is 2.32. The molecule has 3 aliphatic rings. The molecule has 0 aliphatic carbocycles. The number of hydrogen-bond donors (Lipinski definition) is 1. The molecule has 0 spiro atoms. The summed E-state index contributed by atoms with van der Waals surface area (Å²) in [5, 5.41) is 2.28. The Morgan fingerprint density at radius 2 is 1.91 bits per heavy atom. The van der Waals surface area contributed by atoms with Gasteiger partial charge in [-0.15, -0.1) is 0 Å². The van der Waals surface area contributed by atoms with Crippen molar-refractivity contribution in [2.45, 2.75) is 19.0 Å². The highest BCUT2D eigenvalue weighted by Gasteiger charge is 2.27. The van der Waals surface area contributed by atoms with Crippen molar-refractivity contribution < 1.29 is 4.74 Å². The normalized spacial score (nSPS) is 20.7. The second-order valence-electron chi connectivity index (χ2n) is 9.81. The Hall–Kier alpha value is -3.42. The molecule has 2 aromatic carbocycles. The van der Waals surface area contributed by atoms with Gasteiger partial charge >= 0.3 is 0 Å². The summed E-state index contributed by atoms with van der Waals surface area (Å²) in [5.74, 6) is 1.80. The van der Waals surface area contributed by atoms with Gasteiger partial charge in [-0.05, 0) is 42.4 Å². The van der Waals surface area contributed by atoms with Gasteiger partial charge in [0.2, 0.25) is 0 Å². The maximum Gasteiger partial charge on any atom is 0.162 e. The first kappa shape index (κ1) is 20.9. The summed E-state index contributed by atoms with van der Waals surface area (Å²) in [4.78, 5) is 21.0. The third-order valence-electron chi connectivity index (χ3n) is 7.61. The van der Waals surface area contributed by atoms with Crippen LogP contribution in [0.1, 0.15) is 12.0 Å². The Morgan fingerprint density at radius 1 is 0.971 bits per heavy atom. The maximum absolute atomic E-state index is 5.65. The number of rotatable bonds is 4. The number of aromatic amines is 1. The summed E-state index contributed by atoms with van der Waals surface area (Å²) >= 11 is 0. The molecule has 7 nitrogen and oxygen atoms in total. The molecule has 7 rings (SSSR count). The molecule has 0 radical (unpaired) electrons. The quantitative estimate of drug-likeness (QED) is 0.490. The molecule has 0 bridgehead atoms. The average Bonchev–Trinajstić information content (AvgIpc) is 3.58. The lowest BCUT2D eigenvalue weighted by Gasteiger charge is -2.38. The highest BCUT2D eigenvalue weighted by atomic mass is 16.5. The van der Waals surface area contributed by atoms with Crippen LogP contribution in [0.4, 0.5) is 5.82 Å². The van der Waals surface area contributed by atoms with Gasteiger partial charge in [0.15, 0.2) is 5.82 Å². The number of nitrogens with one attached hydrogen (secondary N) is 1. The number of anilines is 1. The molecule has 7 heteroatoms. The Labute approximate surface area is 205 Å². The zero-order valence-corrected chi connectivity index (χ0v) is 19.9. The van der Waals surface area contributed by atoms with E-state index in [4.69, 9.17) is 14.7 Å². The zero-order chi connectivity index (χ0) is 23.2. The van der Waals surface area contributed by atoms with Crippen molar-refractivity contribution >= 4 is 27.6 Å². The molecule has 1 atom stereocenters. The fraction of sp³-hybridized carbons (Fsp3) is 0.357. The van der Waals surface area contributed by atoms with Crippen LogP contribution in [0.2, 0.25) is 0 Å².